The van der Waals surface area contributed by atoms with Gasteiger partial charge < -0.3 is 4.74 Å². The zero-order valence-electron chi connectivity index (χ0n) is 9.46. The van der Waals surface area contributed by atoms with E-state index in [1.54, 1.807) is 26.0 Å². The molecule has 1 aromatic carbocycles. The molecule has 0 aliphatic heterocycles. The molecule has 0 radical (unpaired) electrons. The third kappa shape index (κ3) is 4.01. The lowest BCUT2D eigenvalue weighted by molar-refractivity contribution is 0.360. The largest absolute Gasteiger partial charge is 0.488 e. The van der Waals surface area contributed by atoms with Crippen molar-refractivity contribution in [2.45, 2.75) is 18.7 Å². The molecule has 0 aromatic heterocycles. The number of hydrogen-bond acceptors (Lipinski definition) is 3. The topological polar surface area (TPSA) is 43.4 Å². The lowest BCUT2D eigenvalue weighted by Crippen LogP contribution is -2.01. The van der Waals surface area contributed by atoms with Crippen molar-refractivity contribution in [2.24, 2.45) is 0 Å². The maximum atomic E-state index is 11.4. The van der Waals surface area contributed by atoms with Crippen LogP contribution in [0.25, 0.3) is 0 Å². The number of rotatable bonds is 4. The molecule has 0 saturated carbocycles. The number of benzene rings is 1. The standard InChI is InChI=1S/C11H12BrClO3S/c1-7-4-10(16-6-9(3)12)5-8(2)11(7)17(13,14)15/h4-5H,3,6H2,1-2H3. The summed E-state index contributed by atoms with van der Waals surface area (Å²) in [6.45, 7) is 7.33. The van der Waals surface area contributed by atoms with Crippen LogP contribution in [0, 0.1) is 13.8 Å². The molecule has 17 heavy (non-hydrogen) atoms. The highest BCUT2D eigenvalue weighted by atomic mass is 79.9. The first-order valence-electron chi connectivity index (χ1n) is 4.74. The molecule has 0 unspecified atom stereocenters. The van der Waals surface area contributed by atoms with Crippen LogP contribution in [0.4, 0.5) is 0 Å². The Bertz CT molecular complexity index is 529. The van der Waals surface area contributed by atoms with Crippen LogP contribution in [0.5, 0.6) is 5.75 Å². The molecule has 0 aliphatic rings. The Morgan fingerprint density at radius 2 is 1.88 bits per heavy atom. The maximum Gasteiger partial charge on any atom is 0.261 e. The third-order valence-corrected chi connectivity index (χ3v) is 3.90. The van der Waals surface area contributed by atoms with Crippen molar-refractivity contribution in [1.82, 2.24) is 0 Å². The summed E-state index contributed by atoms with van der Waals surface area (Å²) in [6.07, 6.45) is 0. The van der Waals surface area contributed by atoms with Gasteiger partial charge in [0.15, 0.2) is 0 Å². The highest BCUT2D eigenvalue weighted by Gasteiger charge is 2.17. The molecule has 3 nitrogen and oxygen atoms in total. The van der Waals surface area contributed by atoms with Crippen molar-refractivity contribution < 1.29 is 13.2 Å². The fraction of sp³-hybridized carbons (Fsp3) is 0.273. The van der Waals surface area contributed by atoms with Gasteiger partial charge in [0.05, 0.1) is 4.90 Å². The van der Waals surface area contributed by atoms with Gasteiger partial charge in [0.2, 0.25) is 0 Å². The molecule has 0 spiro atoms. The Kier molecular flexibility index (Phi) is 4.63. The van der Waals surface area contributed by atoms with Gasteiger partial charge in [0.1, 0.15) is 12.4 Å². The summed E-state index contributed by atoms with van der Waals surface area (Å²) in [5, 5.41) is 0. The molecule has 0 N–H and O–H groups in total. The number of hydrogen-bond donors (Lipinski definition) is 0. The van der Waals surface area contributed by atoms with E-state index in [4.69, 9.17) is 15.4 Å². The predicted octanol–water partition coefficient (Wildman–Crippen LogP) is 3.52. The molecule has 0 heterocycles. The van der Waals surface area contributed by atoms with Crippen LogP contribution in [0.3, 0.4) is 0 Å². The average Bonchev–Trinajstić information content (AvgIpc) is 2.11. The first-order chi connectivity index (χ1) is 7.71. The molecule has 0 bridgehead atoms. The average molecular weight is 340 g/mol. The smallest absolute Gasteiger partial charge is 0.261 e. The van der Waals surface area contributed by atoms with Gasteiger partial charge in [0, 0.05) is 15.2 Å². The summed E-state index contributed by atoms with van der Waals surface area (Å²) in [4.78, 5) is 0.143. The van der Waals surface area contributed by atoms with Gasteiger partial charge in [-0.3, -0.25) is 0 Å². The summed E-state index contributed by atoms with van der Waals surface area (Å²) < 4.78 is 28.8. The molecular weight excluding hydrogens is 328 g/mol. The van der Waals surface area contributed by atoms with Crippen molar-refractivity contribution in [3.63, 3.8) is 0 Å². The van der Waals surface area contributed by atoms with Crippen molar-refractivity contribution in [2.75, 3.05) is 6.61 Å². The SMILES string of the molecule is C=C(Br)COc1cc(C)c(S(=O)(=O)Cl)c(C)c1. The Morgan fingerprint density at radius 1 is 1.41 bits per heavy atom. The maximum absolute atomic E-state index is 11.4. The van der Waals surface area contributed by atoms with Crippen LogP contribution in [0.1, 0.15) is 11.1 Å². The normalized spacial score (nSPS) is 11.3. The fourth-order valence-corrected chi connectivity index (χ4v) is 3.27. The summed E-state index contributed by atoms with van der Waals surface area (Å²) in [5.74, 6) is 0.588. The third-order valence-electron chi connectivity index (χ3n) is 2.07. The van der Waals surface area contributed by atoms with Gasteiger partial charge in [0.25, 0.3) is 9.05 Å². The molecule has 0 amide bonds. The van der Waals surface area contributed by atoms with Crippen LogP contribution < -0.4 is 4.74 Å². The van der Waals surface area contributed by atoms with E-state index in [0.29, 0.717) is 28.0 Å². The number of halogens is 2. The van der Waals surface area contributed by atoms with E-state index < -0.39 is 9.05 Å². The molecule has 1 aromatic rings. The Hall–Kier alpha value is -0.520. The summed E-state index contributed by atoms with van der Waals surface area (Å²) >= 11 is 3.18. The lowest BCUT2D eigenvalue weighted by Gasteiger charge is -2.11. The summed E-state index contributed by atoms with van der Waals surface area (Å²) in [5.41, 5.74) is 1.13. The van der Waals surface area contributed by atoms with Gasteiger partial charge in [-0.1, -0.05) is 22.5 Å². The summed E-state index contributed by atoms with van der Waals surface area (Å²) in [7, 11) is 1.64. The van der Waals surface area contributed by atoms with Crippen LogP contribution >= 0.6 is 26.6 Å². The van der Waals surface area contributed by atoms with Crippen LogP contribution in [0.2, 0.25) is 0 Å². The van der Waals surface area contributed by atoms with E-state index in [9.17, 15) is 8.42 Å². The molecule has 1 rings (SSSR count). The van der Waals surface area contributed by atoms with E-state index >= 15 is 0 Å². The van der Waals surface area contributed by atoms with Crippen molar-refractivity contribution >= 4 is 35.7 Å². The Labute approximate surface area is 114 Å². The Balaban J connectivity index is 3.15. The fourth-order valence-electron chi connectivity index (χ4n) is 1.54. The predicted molar refractivity (Wildman–Crippen MR) is 72.5 cm³/mol. The Morgan fingerprint density at radius 3 is 2.24 bits per heavy atom. The second kappa shape index (κ2) is 5.42. The quantitative estimate of drug-likeness (QED) is 0.788. The van der Waals surface area contributed by atoms with Crippen LogP contribution in [-0.4, -0.2) is 15.0 Å². The first kappa shape index (κ1) is 14.5. The number of aryl methyl sites for hydroxylation is 2. The monoisotopic (exact) mass is 338 g/mol. The van der Waals surface area contributed by atoms with Crippen molar-refractivity contribution in [1.29, 1.82) is 0 Å². The second-order valence-electron chi connectivity index (χ2n) is 3.63. The molecular formula is C11H12BrClO3S. The molecule has 6 heteroatoms. The molecule has 0 fully saturated rings. The van der Waals surface area contributed by atoms with Gasteiger partial charge in [-0.15, -0.1) is 0 Å². The first-order valence-corrected chi connectivity index (χ1v) is 7.84. The highest BCUT2D eigenvalue weighted by Crippen LogP contribution is 2.28. The zero-order chi connectivity index (χ0) is 13.2. The van der Waals surface area contributed by atoms with Gasteiger partial charge >= 0.3 is 0 Å². The van der Waals surface area contributed by atoms with Gasteiger partial charge in [-0.05, 0) is 37.1 Å². The van der Waals surface area contributed by atoms with E-state index in [-0.39, 0.29) is 4.90 Å². The lowest BCUT2D eigenvalue weighted by atomic mass is 10.1. The van der Waals surface area contributed by atoms with E-state index in [1.807, 2.05) is 0 Å². The van der Waals surface area contributed by atoms with Crippen LogP contribution in [0.15, 0.2) is 28.1 Å². The summed E-state index contributed by atoms with van der Waals surface area (Å²) in [6, 6.07) is 3.27. The highest BCUT2D eigenvalue weighted by molar-refractivity contribution is 9.11. The molecule has 0 aliphatic carbocycles. The number of ether oxygens (including phenoxy) is 1. The van der Waals surface area contributed by atoms with E-state index in [2.05, 4.69) is 22.5 Å². The van der Waals surface area contributed by atoms with Crippen LogP contribution in [-0.2, 0) is 9.05 Å². The second-order valence-corrected chi connectivity index (χ2v) is 7.25. The zero-order valence-corrected chi connectivity index (χ0v) is 12.6. The van der Waals surface area contributed by atoms with Crippen molar-refractivity contribution in [3.8, 4) is 5.75 Å². The van der Waals surface area contributed by atoms with Gasteiger partial charge in [-0.2, -0.15) is 0 Å². The minimum atomic E-state index is -3.72. The molecule has 94 valence electrons. The minimum absolute atomic E-state index is 0.143. The van der Waals surface area contributed by atoms with Crippen molar-refractivity contribution in [3.05, 3.63) is 34.3 Å². The molecule has 0 atom stereocenters. The van der Waals surface area contributed by atoms with E-state index in [0.717, 1.165) is 0 Å². The molecule has 0 saturated heterocycles. The van der Waals surface area contributed by atoms with E-state index in [1.165, 1.54) is 0 Å². The minimum Gasteiger partial charge on any atom is -0.488 e. The van der Waals surface area contributed by atoms with Gasteiger partial charge in [-0.25, -0.2) is 8.42 Å².